The van der Waals surface area contributed by atoms with E-state index in [0.717, 1.165) is 36.7 Å². The molecule has 8 rings (SSSR count). The van der Waals surface area contributed by atoms with Gasteiger partial charge in [-0.2, -0.15) is 6.08 Å². The summed E-state index contributed by atoms with van der Waals surface area (Å²) in [6.07, 6.45) is 10.9. The number of benzene rings is 6. The minimum absolute atomic E-state index is 0. The van der Waals surface area contributed by atoms with Gasteiger partial charge in [0.2, 0.25) is 0 Å². The summed E-state index contributed by atoms with van der Waals surface area (Å²) in [5.41, 5.74) is 16.2. The third-order valence-corrected chi connectivity index (χ3v) is 11.6. The predicted molar refractivity (Wildman–Crippen MR) is 219 cm³/mol. The van der Waals surface area contributed by atoms with Crippen LogP contribution in [0.15, 0.2) is 158 Å². The van der Waals surface area contributed by atoms with E-state index in [1.807, 2.05) is 12.2 Å². The van der Waals surface area contributed by atoms with Crippen molar-refractivity contribution in [1.82, 2.24) is 0 Å². The van der Waals surface area contributed by atoms with Gasteiger partial charge in [-0.25, -0.2) is 12.2 Å². The molecule has 6 aromatic carbocycles. The van der Waals surface area contributed by atoms with Crippen molar-refractivity contribution in [3.63, 3.8) is 0 Å². The van der Waals surface area contributed by atoms with Crippen molar-refractivity contribution in [3.8, 4) is 33.4 Å². The molecule has 0 aromatic heterocycles. The second-order valence-corrected chi connectivity index (χ2v) is 17.3. The van der Waals surface area contributed by atoms with Gasteiger partial charge in [0.05, 0.1) is 0 Å². The molecule has 0 amide bonds. The fraction of sp³-hybridized carbons (Fsp3) is 0.196. The number of rotatable bonds is 4. The molecule has 0 radical (unpaired) electrons. The average molecular weight is 910 g/mol. The summed E-state index contributed by atoms with van der Waals surface area (Å²) in [7, 11) is 0. The van der Waals surface area contributed by atoms with Gasteiger partial charge in [0.1, 0.15) is 0 Å². The zero-order chi connectivity index (χ0) is 36.7. The van der Waals surface area contributed by atoms with Gasteiger partial charge in [0.25, 0.3) is 0 Å². The number of hydrogen-bond acceptors (Lipinski definition) is 0. The predicted octanol–water partition coefficient (Wildman–Crippen LogP) is 7.10. The average Bonchev–Trinajstić information content (AvgIpc) is 3.86. The van der Waals surface area contributed by atoms with Crippen molar-refractivity contribution < 1.29 is 48.7 Å². The van der Waals surface area contributed by atoms with Crippen LogP contribution in [0.2, 0.25) is 0 Å². The molecule has 2 aliphatic carbocycles. The molecule has 0 bridgehead atoms. The molecule has 0 fully saturated rings. The Hall–Kier alpha value is -3.88. The fourth-order valence-electron chi connectivity index (χ4n) is 6.82. The molecule has 0 heterocycles. The van der Waals surface area contributed by atoms with Crippen LogP contribution in [0.5, 0.6) is 0 Å². The number of halogens is 2. The first kappa shape index (κ1) is 42.9. The van der Waals surface area contributed by atoms with E-state index in [1.54, 1.807) is 0 Å². The Labute approximate surface area is 351 Å². The topological polar surface area (TPSA) is 0 Å². The zero-order valence-corrected chi connectivity index (χ0v) is 37.3. The van der Waals surface area contributed by atoms with Crippen LogP contribution in [0, 0.1) is 12.1 Å². The Morgan fingerprint density at radius 1 is 0.556 bits per heavy atom. The molecule has 0 spiro atoms. The SMILES string of the molecule is CC(C)(C)c1cc2c([c-]c1-c1ccccc1)Cc1cc(-c3ccccc3)c(C(C)(C)C)cc1-2.[C-]1=CC=CC1.[Cl-].[Cl-].[Hf+2]=[C](c1ccccc1)c1ccccc1. The molecular weight excluding hydrogens is 862 g/mol. The van der Waals surface area contributed by atoms with Crippen LogP contribution in [0.1, 0.15) is 81.3 Å². The van der Waals surface area contributed by atoms with E-state index in [4.69, 9.17) is 0 Å². The summed E-state index contributed by atoms with van der Waals surface area (Å²) in [5.74, 6) is 0. The van der Waals surface area contributed by atoms with Crippen LogP contribution < -0.4 is 24.8 Å². The number of hydrogen-bond donors (Lipinski definition) is 0. The zero-order valence-electron chi connectivity index (χ0n) is 32.2. The first-order valence-electron chi connectivity index (χ1n) is 18.3. The van der Waals surface area contributed by atoms with Crippen LogP contribution in [0.4, 0.5) is 0 Å². The van der Waals surface area contributed by atoms with Crippen LogP contribution in [-0.4, -0.2) is 3.26 Å². The normalized spacial score (nSPS) is 12.1. The van der Waals surface area contributed by atoms with Gasteiger partial charge in [-0.15, -0.1) is 35.2 Å². The molecule has 0 atom stereocenters. The molecule has 3 heteroatoms. The van der Waals surface area contributed by atoms with E-state index in [9.17, 15) is 0 Å². The molecule has 0 saturated carbocycles. The Kier molecular flexibility index (Phi) is 15.2. The molecule has 6 aromatic rings. The third-order valence-electron chi connectivity index (χ3n) is 9.53. The summed E-state index contributed by atoms with van der Waals surface area (Å²) in [5, 5.41) is 0. The first-order valence-corrected chi connectivity index (χ1v) is 20.1. The summed E-state index contributed by atoms with van der Waals surface area (Å²) >= 11 is 1.08. The Morgan fingerprint density at radius 3 is 1.48 bits per heavy atom. The molecular formula is C51H48Cl2Hf-2. The van der Waals surface area contributed by atoms with E-state index in [-0.39, 0.29) is 35.6 Å². The first-order chi connectivity index (χ1) is 25.0. The molecule has 0 aliphatic heterocycles. The summed E-state index contributed by atoms with van der Waals surface area (Å²) < 4.78 is 1.46. The summed E-state index contributed by atoms with van der Waals surface area (Å²) in [6.45, 7) is 13.9. The molecule has 2 aliphatic rings. The van der Waals surface area contributed by atoms with Gasteiger partial charge in [0.15, 0.2) is 0 Å². The maximum absolute atomic E-state index is 3.88. The van der Waals surface area contributed by atoms with Gasteiger partial charge < -0.3 is 24.8 Å². The van der Waals surface area contributed by atoms with Gasteiger partial charge >= 0.3 is 98.9 Å². The van der Waals surface area contributed by atoms with Gasteiger partial charge in [-0.05, 0) is 39.5 Å². The summed E-state index contributed by atoms with van der Waals surface area (Å²) in [6, 6.07) is 54.0. The Balaban J connectivity index is 0.000000255. The van der Waals surface area contributed by atoms with Crippen molar-refractivity contribution in [2.75, 3.05) is 0 Å². The van der Waals surface area contributed by atoms with Crippen LogP contribution in [0.3, 0.4) is 0 Å². The van der Waals surface area contributed by atoms with Crippen molar-refractivity contribution >= 4 is 3.26 Å². The second-order valence-electron chi connectivity index (χ2n) is 15.5. The fourth-order valence-corrected chi connectivity index (χ4v) is 8.02. The molecule has 0 nitrogen and oxygen atoms in total. The van der Waals surface area contributed by atoms with Gasteiger partial charge in [-0.3, -0.25) is 6.08 Å². The summed E-state index contributed by atoms with van der Waals surface area (Å²) in [4.78, 5) is 0. The van der Waals surface area contributed by atoms with E-state index in [2.05, 4.69) is 199 Å². The quantitative estimate of drug-likeness (QED) is 0.131. The maximum atomic E-state index is 3.88. The third kappa shape index (κ3) is 10.4. The number of fused-ring (bicyclic) bond motifs is 3. The molecule has 54 heavy (non-hydrogen) atoms. The molecule has 0 N–H and O–H groups in total. The molecule has 0 unspecified atom stereocenters. The van der Waals surface area contributed by atoms with E-state index in [0.29, 0.717) is 0 Å². The standard InChI is InChI=1S/C33H33.C13H10.C5H5.2ClH.Hf/c1-32(2,3)30-20-26-24(18-28(30)22-13-9-7-10-14-22)17-25-19-29(23-15-11-8-12-16-23)31(21-27(25)26)33(4,5)6;1-3-7-12(8-4-1)11-13-9-5-2-6-10-13;1-2-4-5-3-1;;;/h7-16,18,20-21H,17H2,1-6H3;1-10H;1-3H,4H2;2*1H;/q-1;;-1;;;+2/p-2. The van der Waals surface area contributed by atoms with Crippen molar-refractivity contribution in [3.05, 3.63) is 203 Å². The van der Waals surface area contributed by atoms with Crippen molar-refractivity contribution in [2.45, 2.75) is 65.2 Å². The monoisotopic (exact) mass is 910 g/mol. The van der Waals surface area contributed by atoms with Crippen LogP contribution in [0.25, 0.3) is 33.4 Å². The molecule has 0 saturated heterocycles. The van der Waals surface area contributed by atoms with Crippen molar-refractivity contribution in [1.29, 1.82) is 0 Å². The van der Waals surface area contributed by atoms with Gasteiger partial charge in [0, 0.05) is 0 Å². The van der Waals surface area contributed by atoms with E-state index >= 15 is 0 Å². The second kappa shape index (κ2) is 19.1. The Bertz CT molecular complexity index is 2030. The molecule has 272 valence electrons. The Morgan fingerprint density at radius 2 is 1.04 bits per heavy atom. The van der Waals surface area contributed by atoms with Gasteiger partial charge in [-0.1, -0.05) is 131 Å². The van der Waals surface area contributed by atoms with Crippen LogP contribution in [-0.2, 0) is 41.1 Å². The minimum atomic E-state index is 0. The van der Waals surface area contributed by atoms with Crippen LogP contribution >= 0.6 is 0 Å². The van der Waals surface area contributed by atoms with Crippen molar-refractivity contribution in [2.24, 2.45) is 0 Å². The van der Waals surface area contributed by atoms with E-state index < -0.39 is 0 Å². The van der Waals surface area contributed by atoms with E-state index in [1.165, 1.54) is 70.0 Å². The number of allylic oxidation sites excluding steroid dienone is 4.